The van der Waals surface area contributed by atoms with Gasteiger partial charge in [-0.3, -0.25) is 0 Å². The smallest absolute Gasteiger partial charge is 0.410 e. The highest BCUT2D eigenvalue weighted by molar-refractivity contribution is 5.69. The van der Waals surface area contributed by atoms with Crippen molar-refractivity contribution < 1.29 is 14.6 Å². The fourth-order valence-corrected chi connectivity index (χ4v) is 6.02. The van der Waals surface area contributed by atoms with E-state index in [1.54, 1.807) is 12.1 Å². The lowest BCUT2D eigenvalue weighted by Crippen LogP contribution is -2.64. The molecule has 3 unspecified atom stereocenters. The second kappa shape index (κ2) is 8.20. The van der Waals surface area contributed by atoms with E-state index in [0.717, 1.165) is 25.8 Å². The Morgan fingerprint density at radius 3 is 2.45 bits per heavy atom. The van der Waals surface area contributed by atoms with Gasteiger partial charge in [0.05, 0.1) is 0 Å². The minimum Gasteiger partial charge on any atom is -0.508 e. The molecule has 4 heteroatoms. The van der Waals surface area contributed by atoms with Crippen molar-refractivity contribution in [3.8, 4) is 5.75 Å². The number of carbonyl (C=O) groups is 1. The normalized spacial score (nSPS) is 30.0. The molecule has 2 aliphatic rings. The first-order chi connectivity index (χ1) is 13.6. The summed E-state index contributed by atoms with van der Waals surface area (Å²) in [4.78, 5) is 15.2. The van der Waals surface area contributed by atoms with Gasteiger partial charge >= 0.3 is 6.09 Å². The van der Waals surface area contributed by atoms with Crippen LogP contribution in [0, 0.1) is 10.8 Å². The van der Waals surface area contributed by atoms with E-state index in [0.29, 0.717) is 5.41 Å². The number of amides is 1. The molecule has 1 N–H and O–H groups in total. The van der Waals surface area contributed by atoms with Crippen molar-refractivity contribution in [2.75, 3.05) is 6.54 Å². The highest BCUT2D eigenvalue weighted by atomic mass is 16.6. The second-order valence-electron chi connectivity index (χ2n) is 10.5. The maximum atomic E-state index is 13.2. The molecule has 1 heterocycles. The van der Waals surface area contributed by atoms with E-state index >= 15 is 0 Å². The van der Waals surface area contributed by atoms with Crippen LogP contribution in [-0.2, 0) is 11.2 Å². The molecule has 0 radical (unpaired) electrons. The largest absolute Gasteiger partial charge is 0.508 e. The summed E-state index contributed by atoms with van der Waals surface area (Å²) in [6, 6.07) is 7.59. The number of hydrogen-bond acceptors (Lipinski definition) is 3. The molecule has 1 aromatic carbocycles. The molecule has 0 bridgehead atoms. The number of carbonyl (C=O) groups excluding carboxylic acids is 1. The minimum atomic E-state index is -0.494. The van der Waals surface area contributed by atoms with Crippen LogP contribution >= 0.6 is 0 Å². The molecule has 29 heavy (non-hydrogen) atoms. The second-order valence-corrected chi connectivity index (χ2v) is 10.5. The molecule has 1 saturated heterocycles. The van der Waals surface area contributed by atoms with Crippen molar-refractivity contribution in [1.29, 1.82) is 0 Å². The van der Waals surface area contributed by atoms with Crippen molar-refractivity contribution >= 4 is 6.09 Å². The molecule has 1 aromatic rings. The van der Waals surface area contributed by atoms with E-state index in [-0.39, 0.29) is 23.3 Å². The number of benzene rings is 1. The maximum absolute atomic E-state index is 13.2. The van der Waals surface area contributed by atoms with Gasteiger partial charge in [0, 0.05) is 12.6 Å². The van der Waals surface area contributed by atoms with Gasteiger partial charge in [-0.2, -0.15) is 0 Å². The Hall–Kier alpha value is -1.71. The zero-order valence-corrected chi connectivity index (χ0v) is 19.0. The number of phenolic OH excluding ortho intramolecular Hbond substituents is 1. The molecule has 2 fully saturated rings. The predicted molar refractivity (Wildman–Crippen MR) is 117 cm³/mol. The SMILES string of the molecule is CCCC12CCCCC1(C)C(Cc1ccc(O)cc1)N(C(=O)OC(C)(C)C)CC2. The molecule has 162 valence electrons. The lowest BCUT2D eigenvalue weighted by atomic mass is 9.48. The standard InChI is InChI=1S/C25H39NO3/c1-6-13-25-15-8-7-14-24(25,5)21(18-19-9-11-20(27)12-10-19)26(17-16-25)22(28)29-23(2,3)4/h9-12,21,27H,6-8,13-18H2,1-5H3. The molecular weight excluding hydrogens is 362 g/mol. The summed E-state index contributed by atoms with van der Waals surface area (Å²) in [5, 5.41) is 9.69. The molecule has 3 rings (SSSR count). The Kier molecular flexibility index (Phi) is 6.21. The van der Waals surface area contributed by atoms with Crippen LogP contribution in [0.15, 0.2) is 24.3 Å². The van der Waals surface area contributed by atoms with Crippen LogP contribution in [0.4, 0.5) is 4.79 Å². The summed E-state index contributed by atoms with van der Waals surface area (Å²) < 4.78 is 5.83. The average molecular weight is 402 g/mol. The fraction of sp³-hybridized carbons (Fsp3) is 0.720. The zero-order valence-electron chi connectivity index (χ0n) is 19.0. The maximum Gasteiger partial charge on any atom is 0.410 e. The van der Waals surface area contributed by atoms with Crippen LogP contribution in [0.5, 0.6) is 5.75 Å². The number of piperidine rings is 1. The molecule has 1 aliphatic carbocycles. The first-order valence-corrected chi connectivity index (χ1v) is 11.4. The Labute approximate surface area is 176 Å². The van der Waals surface area contributed by atoms with Crippen LogP contribution in [-0.4, -0.2) is 34.3 Å². The van der Waals surface area contributed by atoms with Crippen molar-refractivity contribution in [3.05, 3.63) is 29.8 Å². The Balaban J connectivity index is 1.98. The molecule has 3 atom stereocenters. The summed E-state index contributed by atoms with van der Waals surface area (Å²) in [6.45, 7) is 11.3. The van der Waals surface area contributed by atoms with Gasteiger partial charge in [0.25, 0.3) is 0 Å². The molecule has 1 aliphatic heterocycles. The highest BCUT2D eigenvalue weighted by Gasteiger charge is 2.58. The summed E-state index contributed by atoms with van der Waals surface area (Å²) in [7, 11) is 0. The Bertz CT molecular complexity index is 704. The molecule has 4 nitrogen and oxygen atoms in total. The van der Waals surface area contributed by atoms with E-state index in [1.807, 2.05) is 37.8 Å². The van der Waals surface area contributed by atoms with Crippen LogP contribution < -0.4 is 0 Å². The Morgan fingerprint density at radius 2 is 1.83 bits per heavy atom. The van der Waals surface area contributed by atoms with Gasteiger partial charge in [-0.15, -0.1) is 0 Å². The number of fused-ring (bicyclic) bond motifs is 1. The van der Waals surface area contributed by atoms with E-state index in [9.17, 15) is 9.90 Å². The topological polar surface area (TPSA) is 49.8 Å². The molecule has 0 aromatic heterocycles. The van der Waals surface area contributed by atoms with Crippen LogP contribution in [0.25, 0.3) is 0 Å². The molecule has 0 spiro atoms. The summed E-state index contributed by atoms with van der Waals surface area (Å²) in [5.41, 5.74) is 1.06. The van der Waals surface area contributed by atoms with Crippen molar-refractivity contribution in [3.63, 3.8) is 0 Å². The van der Waals surface area contributed by atoms with E-state index in [2.05, 4.69) is 13.8 Å². The predicted octanol–water partition coefficient (Wildman–Crippen LogP) is 6.31. The van der Waals surface area contributed by atoms with Gasteiger partial charge < -0.3 is 14.7 Å². The van der Waals surface area contributed by atoms with Gasteiger partial charge in [-0.05, 0) is 81.4 Å². The van der Waals surface area contributed by atoms with Crippen LogP contribution in [0.3, 0.4) is 0 Å². The van der Waals surface area contributed by atoms with Crippen LogP contribution in [0.2, 0.25) is 0 Å². The lowest BCUT2D eigenvalue weighted by molar-refractivity contribution is -0.121. The number of likely N-dealkylation sites (tertiary alicyclic amines) is 1. The number of rotatable bonds is 4. The van der Waals surface area contributed by atoms with Crippen LogP contribution in [0.1, 0.15) is 85.1 Å². The number of phenols is 1. The lowest BCUT2D eigenvalue weighted by Gasteiger charge is -2.62. The van der Waals surface area contributed by atoms with E-state index < -0.39 is 5.60 Å². The van der Waals surface area contributed by atoms with Crippen molar-refractivity contribution in [2.45, 2.75) is 97.6 Å². The van der Waals surface area contributed by atoms with Gasteiger partial charge in [-0.1, -0.05) is 45.2 Å². The zero-order chi connectivity index (χ0) is 21.3. The van der Waals surface area contributed by atoms with E-state index in [4.69, 9.17) is 4.74 Å². The minimum absolute atomic E-state index is 0.0777. The Morgan fingerprint density at radius 1 is 1.17 bits per heavy atom. The van der Waals surface area contributed by atoms with Gasteiger partial charge in [0.15, 0.2) is 0 Å². The third-order valence-corrected chi connectivity index (χ3v) is 7.48. The van der Waals surface area contributed by atoms with Crippen molar-refractivity contribution in [2.24, 2.45) is 10.8 Å². The molecule has 1 amide bonds. The number of nitrogens with zero attached hydrogens (tertiary/aromatic N) is 1. The highest BCUT2D eigenvalue weighted by Crippen LogP contribution is 2.61. The number of aromatic hydroxyl groups is 1. The van der Waals surface area contributed by atoms with Crippen molar-refractivity contribution in [1.82, 2.24) is 4.90 Å². The number of hydrogen-bond donors (Lipinski definition) is 1. The molecule has 1 saturated carbocycles. The number of ether oxygens (including phenoxy) is 1. The van der Waals surface area contributed by atoms with Gasteiger partial charge in [0.2, 0.25) is 0 Å². The molecular formula is C25H39NO3. The fourth-order valence-electron chi connectivity index (χ4n) is 6.02. The summed E-state index contributed by atoms with van der Waals surface area (Å²) in [5.74, 6) is 0.283. The third kappa shape index (κ3) is 4.41. The summed E-state index contributed by atoms with van der Waals surface area (Å²) >= 11 is 0. The monoisotopic (exact) mass is 401 g/mol. The summed E-state index contributed by atoms with van der Waals surface area (Å²) in [6.07, 6.45) is 9.08. The first kappa shape index (κ1) is 22.0. The van der Waals surface area contributed by atoms with Gasteiger partial charge in [-0.25, -0.2) is 4.79 Å². The van der Waals surface area contributed by atoms with Gasteiger partial charge in [0.1, 0.15) is 11.4 Å². The third-order valence-electron chi connectivity index (χ3n) is 7.48. The average Bonchev–Trinajstić information content (AvgIpc) is 2.63. The quantitative estimate of drug-likeness (QED) is 0.643. The first-order valence-electron chi connectivity index (χ1n) is 11.4. The van der Waals surface area contributed by atoms with E-state index in [1.165, 1.54) is 37.7 Å².